The SMILES string of the molecule is O=C(NCc1cn(-c2ccc(C3=NOC(c4cc(Cl)cc(Cl)c4)(C(F)(F)F)C3)c3ccccc23)nn1)c1ccncc1. The molecule has 212 valence electrons. The molecule has 1 aliphatic rings. The number of aromatic nitrogens is 4. The number of halogens is 5. The van der Waals surface area contributed by atoms with E-state index in [1.54, 1.807) is 47.3 Å². The number of alkyl halides is 3. The van der Waals surface area contributed by atoms with Crippen molar-refractivity contribution in [2.45, 2.75) is 24.7 Å². The van der Waals surface area contributed by atoms with Crippen molar-refractivity contribution in [1.29, 1.82) is 0 Å². The van der Waals surface area contributed by atoms with Gasteiger partial charge in [0.2, 0.25) is 0 Å². The van der Waals surface area contributed by atoms with Gasteiger partial charge in [-0.05, 0) is 41.8 Å². The van der Waals surface area contributed by atoms with E-state index >= 15 is 0 Å². The molecule has 42 heavy (non-hydrogen) atoms. The predicted octanol–water partition coefficient (Wildman–Crippen LogP) is 6.63. The summed E-state index contributed by atoms with van der Waals surface area (Å²) in [4.78, 5) is 21.5. The van der Waals surface area contributed by atoms with Crippen LogP contribution in [0.1, 0.15) is 33.6 Å². The first-order valence-corrected chi connectivity index (χ1v) is 13.3. The second kappa shape index (κ2) is 10.7. The number of carbonyl (C=O) groups excluding carboxylic acids is 1. The first-order valence-electron chi connectivity index (χ1n) is 12.5. The summed E-state index contributed by atoms with van der Waals surface area (Å²) in [5.41, 5.74) is -0.795. The highest BCUT2D eigenvalue weighted by Gasteiger charge is 2.62. The Labute approximate surface area is 246 Å². The van der Waals surface area contributed by atoms with Gasteiger partial charge in [-0.25, -0.2) is 4.68 Å². The van der Waals surface area contributed by atoms with E-state index in [2.05, 4.69) is 25.8 Å². The zero-order valence-corrected chi connectivity index (χ0v) is 23.0. The number of fused-ring (bicyclic) bond motifs is 1. The Balaban J connectivity index is 1.30. The molecule has 0 bridgehead atoms. The summed E-state index contributed by atoms with van der Waals surface area (Å²) in [6, 6.07) is 17.5. The number of pyridine rings is 1. The minimum atomic E-state index is -4.81. The summed E-state index contributed by atoms with van der Waals surface area (Å²) in [6.45, 7) is 0.137. The van der Waals surface area contributed by atoms with Crippen LogP contribution < -0.4 is 5.32 Å². The Morgan fingerprint density at radius 2 is 1.71 bits per heavy atom. The molecular formula is C29H19Cl2F3N6O2. The van der Waals surface area contributed by atoms with Crippen LogP contribution in [-0.2, 0) is 17.0 Å². The molecule has 1 unspecified atom stereocenters. The fourth-order valence-electron chi connectivity index (χ4n) is 4.84. The minimum absolute atomic E-state index is 0.0529. The van der Waals surface area contributed by atoms with Crippen LogP contribution in [0.2, 0.25) is 10.0 Å². The topological polar surface area (TPSA) is 94.3 Å². The van der Waals surface area contributed by atoms with Crippen molar-refractivity contribution in [2.24, 2.45) is 5.16 Å². The van der Waals surface area contributed by atoms with Crippen LogP contribution in [0.15, 0.2) is 90.5 Å². The van der Waals surface area contributed by atoms with Gasteiger partial charge in [0.25, 0.3) is 11.5 Å². The smallest absolute Gasteiger partial charge is 0.374 e. The third-order valence-corrected chi connectivity index (χ3v) is 7.32. The molecule has 1 N–H and O–H groups in total. The van der Waals surface area contributed by atoms with Crippen LogP contribution >= 0.6 is 23.2 Å². The lowest BCUT2D eigenvalue weighted by Gasteiger charge is -2.29. The molecule has 0 saturated carbocycles. The van der Waals surface area contributed by atoms with Gasteiger partial charge >= 0.3 is 6.18 Å². The van der Waals surface area contributed by atoms with Gasteiger partial charge in [-0.3, -0.25) is 9.78 Å². The van der Waals surface area contributed by atoms with E-state index in [1.807, 2.05) is 12.1 Å². The van der Waals surface area contributed by atoms with E-state index < -0.39 is 18.2 Å². The number of nitrogens with one attached hydrogen (secondary N) is 1. The average molecular weight is 611 g/mol. The number of rotatable bonds is 6. The van der Waals surface area contributed by atoms with E-state index in [0.29, 0.717) is 33.3 Å². The van der Waals surface area contributed by atoms with Crippen LogP contribution in [-0.4, -0.2) is 37.8 Å². The van der Waals surface area contributed by atoms with Crippen molar-refractivity contribution >= 4 is 45.6 Å². The summed E-state index contributed by atoms with van der Waals surface area (Å²) in [5, 5.41) is 16.5. The van der Waals surface area contributed by atoms with Gasteiger partial charge in [-0.15, -0.1) is 5.10 Å². The molecule has 1 atom stereocenters. The summed E-state index contributed by atoms with van der Waals surface area (Å²) >= 11 is 12.1. The fraction of sp³-hybridized carbons (Fsp3) is 0.138. The van der Waals surface area contributed by atoms with Gasteiger partial charge in [-0.1, -0.05) is 63.9 Å². The molecule has 0 fully saturated rings. The van der Waals surface area contributed by atoms with Crippen molar-refractivity contribution < 1.29 is 22.8 Å². The highest BCUT2D eigenvalue weighted by atomic mass is 35.5. The fourth-order valence-corrected chi connectivity index (χ4v) is 5.37. The zero-order valence-electron chi connectivity index (χ0n) is 21.4. The van der Waals surface area contributed by atoms with Gasteiger partial charge in [0.05, 0.1) is 24.1 Å². The lowest BCUT2D eigenvalue weighted by atomic mass is 9.85. The number of amides is 1. The molecular weight excluding hydrogens is 592 g/mol. The summed E-state index contributed by atoms with van der Waals surface area (Å²) in [5.74, 6) is -0.281. The van der Waals surface area contributed by atoms with E-state index in [-0.39, 0.29) is 33.8 Å². The Bertz CT molecular complexity index is 1820. The monoisotopic (exact) mass is 610 g/mol. The van der Waals surface area contributed by atoms with Crippen molar-refractivity contribution in [3.8, 4) is 5.69 Å². The molecule has 1 aliphatic heterocycles. The molecule has 8 nitrogen and oxygen atoms in total. The molecule has 0 saturated heterocycles. The van der Waals surface area contributed by atoms with Gasteiger partial charge in [0, 0.05) is 50.9 Å². The number of benzene rings is 3. The van der Waals surface area contributed by atoms with E-state index in [4.69, 9.17) is 28.0 Å². The number of carbonyl (C=O) groups is 1. The standard InChI is InChI=1S/C29H19Cl2F3N6O2/c30-19-11-18(12-20(31)13-19)28(29(32,33)34)14-25(38-42-28)23-5-6-26(24-4-2-1-3-22(23)24)40-16-21(37-39-40)15-36-27(41)17-7-9-35-10-8-17/h1-13,16H,14-15H2,(H,36,41). The second-order valence-electron chi connectivity index (χ2n) is 9.54. The number of nitrogens with zero attached hydrogens (tertiary/aromatic N) is 5. The maximum absolute atomic E-state index is 14.5. The van der Waals surface area contributed by atoms with Gasteiger partial charge in [0.15, 0.2) is 0 Å². The van der Waals surface area contributed by atoms with Crippen molar-refractivity contribution in [3.63, 3.8) is 0 Å². The highest BCUT2D eigenvalue weighted by molar-refractivity contribution is 6.34. The quantitative estimate of drug-likeness (QED) is 0.233. The molecule has 2 aromatic heterocycles. The lowest BCUT2D eigenvalue weighted by Crippen LogP contribution is -2.42. The molecule has 0 aliphatic carbocycles. The van der Waals surface area contributed by atoms with E-state index in [9.17, 15) is 18.0 Å². The minimum Gasteiger partial charge on any atom is -0.374 e. The van der Waals surface area contributed by atoms with E-state index in [1.165, 1.54) is 30.6 Å². The van der Waals surface area contributed by atoms with Crippen LogP contribution in [0.25, 0.3) is 16.5 Å². The molecule has 3 heterocycles. The number of oxime groups is 1. The maximum atomic E-state index is 14.5. The molecule has 3 aromatic carbocycles. The summed E-state index contributed by atoms with van der Waals surface area (Å²) < 4.78 is 45.1. The zero-order chi connectivity index (χ0) is 29.5. The van der Waals surface area contributed by atoms with Gasteiger partial charge in [-0.2, -0.15) is 13.2 Å². The van der Waals surface area contributed by atoms with Crippen LogP contribution in [0.3, 0.4) is 0 Å². The second-order valence-corrected chi connectivity index (χ2v) is 10.4. The molecule has 1 amide bonds. The summed E-state index contributed by atoms with van der Waals surface area (Å²) in [6.07, 6.45) is -0.673. The Kier molecular flexibility index (Phi) is 7.07. The van der Waals surface area contributed by atoms with Gasteiger partial charge in [0.1, 0.15) is 5.69 Å². The average Bonchev–Trinajstić information content (AvgIpc) is 3.64. The molecule has 0 radical (unpaired) electrons. The molecule has 0 spiro atoms. The number of hydrogen-bond donors (Lipinski definition) is 1. The van der Waals surface area contributed by atoms with Crippen LogP contribution in [0.4, 0.5) is 13.2 Å². The molecule has 13 heteroatoms. The van der Waals surface area contributed by atoms with Gasteiger partial charge < -0.3 is 10.2 Å². The van der Waals surface area contributed by atoms with Crippen molar-refractivity contribution in [2.75, 3.05) is 0 Å². The molecule has 6 rings (SSSR count). The first kappa shape index (κ1) is 27.7. The predicted molar refractivity (Wildman–Crippen MR) is 151 cm³/mol. The third kappa shape index (κ3) is 5.05. The maximum Gasteiger partial charge on any atom is 0.435 e. The van der Waals surface area contributed by atoms with Crippen molar-refractivity contribution in [1.82, 2.24) is 25.3 Å². The molecule has 5 aromatic rings. The number of hydrogen-bond acceptors (Lipinski definition) is 6. The highest BCUT2D eigenvalue weighted by Crippen LogP contribution is 2.50. The summed E-state index contributed by atoms with van der Waals surface area (Å²) in [7, 11) is 0. The Hall–Kier alpha value is -4.48. The van der Waals surface area contributed by atoms with Crippen molar-refractivity contribution in [3.05, 3.63) is 118 Å². The Morgan fingerprint density at radius 1 is 1.00 bits per heavy atom. The third-order valence-electron chi connectivity index (χ3n) is 6.89. The first-order chi connectivity index (χ1) is 20.1. The lowest BCUT2D eigenvalue weighted by molar-refractivity contribution is -0.275. The van der Waals surface area contributed by atoms with Crippen LogP contribution in [0, 0.1) is 0 Å². The van der Waals surface area contributed by atoms with Crippen LogP contribution in [0.5, 0.6) is 0 Å². The largest absolute Gasteiger partial charge is 0.435 e. The Morgan fingerprint density at radius 3 is 2.43 bits per heavy atom. The normalized spacial score (nSPS) is 16.7. The van der Waals surface area contributed by atoms with E-state index in [0.717, 1.165) is 0 Å².